The van der Waals surface area contributed by atoms with Gasteiger partial charge in [0.25, 0.3) is 5.91 Å². The largest absolute Gasteiger partial charge is 0.495 e. The molecule has 26 heavy (non-hydrogen) atoms. The van der Waals surface area contributed by atoms with E-state index in [1.165, 1.54) is 43.8 Å². The van der Waals surface area contributed by atoms with Crippen LogP contribution in [0.2, 0.25) is 5.02 Å². The molecule has 2 aromatic carbocycles. The van der Waals surface area contributed by atoms with Crippen LogP contribution in [0.15, 0.2) is 54.9 Å². The first-order valence-electron chi connectivity index (χ1n) is 7.54. The molecule has 3 aromatic rings. The van der Waals surface area contributed by atoms with Crippen molar-refractivity contribution >= 4 is 34.7 Å². The minimum absolute atomic E-state index is 0.146. The number of ether oxygens (including phenoxy) is 1. The van der Waals surface area contributed by atoms with Gasteiger partial charge in [-0.25, -0.2) is 14.4 Å². The van der Waals surface area contributed by atoms with Gasteiger partial charge in [0.2, 0.25) is 0 Å². The Labute approximate surface area is 154 Å². The van der Waals surface area contributed by atoms with Crippen molar-refractivity contribution in [2.24, 2.45) is 0 Å². The van der Waals surface area contributed by atoms with E-state index in [4.69, 9.17) is 16.3 Å². The highest BCUT2D eigenvalue weighted by Crippen LogP contribution is 2.29. The monoisotopic (exact) mass is 372 g/mol. The number of nitrogens with zero attached hydrogens (tertiary/aromatic N) is 2. The predicted octanol–water partition coefficient (Wildman–Crippen LogP) is 4.27. The zero-order chi connectivity index (χ0) is 18.5. The molecule has 1 aromatic heterocycles. The number of hydrogen-bond acceptors (Lipinski definition) is 5. The fraction of sp³-hybridized carbons (Fsp3) is 0.0556. The van der Waals surface area contributed by atoms with E-state index in [1.54, 1.807) is 18.2 Å². The van der Waals surface area contributed by atoms with Gasteiger partial charge in [-0.2, -0.15) is 0 Å². The summed E-state index contributed by atoms with van der Waals surface area (Å²) in [5, 5.41) is 6.20. The van der Waals surface area contributed by atoms with Crippen LogP contribution in [0.5, 0.6) is 5.75 Å². The number of halogens is 2. The van der Waals surface area contributed by atoms with Crippen LogP contribution in [0.25, 0.3) is 0 Å². The van der Waals surface area contributed by atoms with Crippen LogP contribution in [0.1, 0.15) is 10.5 Å². The van der Waals surface area contributed by atoms with E-state index in [9.17, 15) is 9.18 Å². The molecule has 1 amide bonds. The number of methoxy groups -OCH3 is 1. The van der Waals surface area contributed by atoms with Gasteiger partial charge in [0.05, 0.1) is 12.8 Å². The lowest BCUT2D eigenvalue weighted by Gasteiger charge is -2.11. The number of benzene rings is 2. The number of amides is 1. The Balaban J connectivity index is 1.79. The molecule has 0 fully saturated rings. The van der Waals surface area contributed by atoms with E-state index in [-0.39, 0.29) is 11.5 Å². The molecule has 0 unspecified atom stereocenters. The minimum atomic E-state index is -0.444. The molecule has 0 radical (unpaired) electrons. The Morgan fingerprint density at radius 2 is 1.88 bits per heavy atom. The number of nitrogens with one attached hydrogen (secondary N) is 2. The lowest BCUT2D eigenvalue weighted by molar-refractivity contribution is 0.102. The van der Waals surface area contributed by atoms with E-state index in [2.05, 4.69) is 20.6 Å². The topological polar surface area (TPSA) is 76.1 Å². The molecule has 0 atom stereocenters. The lowest BCUT2D eigenvalue weighted by Crippen LogP contribution is -2.14. The van der Waals surface area contributed by atoms with E-state index in [0.29, 0.717) is 28.0 Å². The number of carbonyl (C=O) groups excluding carboxylic acids is 1. The molecule has 3 rings (SSSR count). The average molecular weight is 373 g/mol. The highest BCUT2D eigenvalue weighted by molar-refractivity contribution is 6.31. The maximum Gasteiger partial charge on any atom is 0.274 e. The summed E-state index contributed by atoms with van der Waals surface area (Å²) in [5.41, 5.74) is 1.21. The predicted molar refractivity (Wildman–Crippen MR) is 97.7 cm³/mol. The summed E-state index contributed by atoms with van der Waals surface area (Å²) in [5.74, 6) is 0.141. The molecule has 132 valence electrons. The van der Waals surface area contributed by atoms with Crippen LogP contribution >= 0.6 is 11.6 Å². The van der Waals surface area contributed by atoms with Gasteiger partial charge < -0.3 is 15.4 Å². The molecular formula is C18H14ClFN4O2. The third kappa shape index (κ3) is 4.25. The molecule has 1 heterocycles. The van der Waals surface area contributed by atoms with Crippen molar-refractivity contribution in [3.8, 4) is 5.75 Å². The van der Waals surface area contributed by atoms with Gasteiger partial charge in [0, 0.05) is 16.8 Å². The van der Waals surface area contributed by atoms with Crippen molar-refractivity contribution in [3.63, 3.8) is 0 Å². The van der Waals surface area contributed by atoms with Gasteiger partial charge in [-0.15, -0.1) is 0 Å². The fourth-order valence-corrected chi connectivity index (χ4v) is 2.37. The molecule has 8 heteroatoms. The second-order valence-electron chi connectivity index (χ2n) is 5.22. The van der Waals surface area contributed by atoms with Crippen molar-refractivity contribution in [2.75, 3.05) is 17.7 Å². The van der Waals surface area contributed by atoms with Gasteiger partial charge in [0.15, 0.2) is 0 Å². The summed E-state index contributed by atoms with van der Waals surface area (Å²) in [6.45, 7) is 0. The normalized spacial score (nSPS) is 10.3. The van der Waals surface area contributed by atoms with Crippen LogP contribution in [-0.4, -0.2) is 23.0 Å². The molecule has 0 aliphatic rings. The zero-order valence-electron chi connectivity index (χ0n) is 13.7. The number of hydrogen-bond donors (Lipinski definition) is 2. The second-order valence-corrected chi connectivity index (χ2v) is 5.66. The summed E-state index contributed by atoms with van der Waals surface area (Å²) in [7, 11) is 1.54. The summed E-state index contributed by atoms with van der Waals surface area (Å²) >= 11 is 6.00. The van der Waals surface area contributed by atoms with Gasteiger partial charge >= 0.3 is 0 Å². The first-order valence-corrected chi connectivity index (χ1v) is 7.92. The molecule has 0 aliphatic heterocycles. The average Bonchev–Trinajstić information content (AvgIpc) is 2.64. The summed E-state index contributed by atoms with van der Waals surface area (Å²) in [6.07, 6.45) is 1.26. The zero-order valence-corrected chi connectivity index (χ0v) is 14.4. The second kappa shape index (κ2) is 7.79. The highest BCUT2D eigenvalue weighted by Gasteiger charge is 2.11. The van der Waals surface area contributed by atoms with Crippen LogP contribution in [0, 0.1) is 5.82 Å². The van der Waals surface area contributed by atoms with E-state index in [0.717, 1.165) is 0 Å². The van der Waals surface area contributed by atoms with E-state index in [1.807, 2.05) is 0 Å². The highest BCUT2D eigenvalue weighted by atomic mass is 35.5. The Morgan fingerprint density at radius 3 is 2.62 bits per heavy atom. The molecule has 0 saturated heterocycles. The van der Waals surface area contributed by atoms with Crippen molar-refractivity contribution in [2.45, 2.75) is 0 Å². The number of carbonyl (C=O) groups is 1. The van der Waals surface area contributed by atoms with Crippen LogP contribution < -0.4 is 15.4 Å². The lowest BCUT2D eigenvalue weighted by atomic mass is 10.2. The van der Waals surface area contributed by atoms with Gasteiger partial charge in [-0.05, 0) is 42.5 Å². The molecule has 2 N–H and O–H groups in total. The molecule has 0 saturated carbocycles. The number of rotatable bonds is 5. The Hall–Kier alpha value is -3.19. The summed E-state index contributed by atoms with van der Waals surface area (Å²) in [4.78, 5) is 20.4. The molecular weight excluding hydrogens is 359 g/mol. The van der Waals surface area contributed by atoms with Crippen molar-refractivity contribution in [1.29, 1.82) is 0 Å². The molecule has 0 spiro atoms. The standard InChI is InChI=1S/C18H14ClFN4O2/c1-26-16-7-2-11(19)8-14(16)24-17-9-15(21-10-22-17)18(25)23-13-5-3-12(20)4-6-13/h2-10H,1H3,(H,23,25)(H,21,22,24). The van der Waals surface area contributed by atoms with E-state index >= 15 is 0 Å². The third-order valence-electron chi connectivity index (χ3n) is 3.43. The third-order valence-corrected chi connectivity index (χ3v) is 3.66. The fourth-order valence-electron chi connectivity index (χ4n) is 2.19. The Kier molecular flexibility index (Phi) is 5.28. The van der Waals surface area contributed by atoms with Crippen molar-refractivity contribution < 1.29 is 13.9 Å². The number of anilines is 3. The van der Waals surface area contributed by atoms with E-state index < -0.39 is 5.91 Å². The van der Waals surface area contributed by atoms with Crippen molar-refractivity contribution in [1.82, 2.24) is 9.97 Å². The van der Waals surface area contributed by atoms with Crippen LogP contribution in [0.3, 0.4) is 0 Å². The van der Waals surface area contributed by atoms with Crippen LogP contribution in [0.4, 0.5) is 21.6 Å². The SMILES string of the molecule is COc1ccc(Cl)cc1Nc1cc(C(=O)Nc2ccc(F)cc2)ncn1. The molecule has 6 nitrogen and oxygen atoms in total. The van der Waals surface area contributed by atoms with Gasteiger partial charge in [-0.3, -0.25) is 4.79 Å². The quantitative estimate of drug-likeness (QED) is 0.699. The first kappa shape index (κ1) is 17.6. The van der Waals surface area contributed by atoms with Gasteiger partial charge in [0.1, 0.15) is 29.4 Å². The molecule has 0 aliphatic carbocycles. The minimum Gasteiger partial charge on any atom is -0.495 e. The Bertz CT molecular complexity index is 935. The number of aromatic nitrogens is 2. The summed E-state index contributed by atoms with van der Waals surface area (Å²) < 4.78 is 18.2. The maximum atomic E-state index is 12.9. The Morgan fingerprint density at radius 1 is 1.12 bits per heavy atom. The summed E-state index contributed by atoms with van der Waals surface area (Å²) in [6, 6.07) is 12.0. The maximum absolute atomic E-state index is 12.9. The first-order chi connectivity index (χ1) is 12.5. The van der Waals surface area contributed by atoms with Gasteiger partial charge in [-0.1, -0.05) is 11.6 Å². The molecule has 0 bridgehead atoms. The van der Waals surface area contributed by atoms with Crippen molar-refractivity contribution in [3.05, 3.63) is 71.4 Å². The smallest absolute Gasteiger partial charge is 0.274 e. The van der Waals surface area contributed by atoms with Crippen LogP contribution in [-0.2, 0) is 0 Å².